The Bertz CT molecular complexity index is 507. The van der Waals surface area contributed by atoms with Gasteiger partial charge >= 0.3 is 0 Å². The summed E-state index contributed by atoms with van der Waals surface area (Å²) in [6, 6.07) is 4.05. The number of benzene rings is 1. The van der Waals surface area contributed by atoms with Gasteiger partial charge in [0.15, 0.2) is 0 Å². The zero-order chi connectivity index (χ0) is 13.8. The van der Waals surface area contributed by atoms with Crippen LogP contribution >= 0.6 is 0 Å². The molecule has 0 spiro atoms. The van der Waals surface area contributed by atoms with Crippen LogP contribution in [-0.4, -0.2) is 24.4 Å². The average Bonchev–Trinajstić information content (AvgIpc) is 2.81. The highest BCUT2D eigenvalue weighted by atomic mass is 19.1. The van der Waals surface area contributed by atoms with Crippen molar-refractivity contribution in [2.45, 2.75) is 18.9 Å². The van der Waals surface area contributed by atoms with E-state index in [1.807, 2.05) is 0 Å². The second-order valence-electron chi connectivity index (χ2n) is 4.32. The van der Waals surface area contributed by atoms with Gasteiger partial charge in [0.25, 0.3) is 5.91 Å². The third kappa shape index (κ3) is 3.00. The van der Waals surface area contributed by atoms with Gasteiger partial charge in [-0.2, -0.15) is 0 Å². The van der Waals surface area contributed by atoms with E-state index in [0.29, 0.717) is 19.4 Å². The van der Waals surface area contributed by atoms with Gasteiger partial charge in [0.2, 0.25) is 5.91 Å². The SMILES string of the molecule is NNc1c(F)cccc1C(=O)NCC1CCC(=O)N1. The van der Waals surface area contributed by atoms with E-state index in [9.17, 15) is 14.0 Å². The first-order valence-corrected chi connectivity index (χ1v) is 5.94. The van der Waals surface area contributed by atoms with Gasteiger partial charge in [0.1, 0.15) is 5.82 Å². The number of hydrazine groups is 1. The van der Waals surface area contributed by atoms with Crippen LogP contribution in [0.3, 0.4) is 0 Å². The maximum Gasteiger partial charge on any atom is 0.253 e. The van der Waals surface area contributed by atoms with Crippen molar-refractivity contribution < 1.29 is 14.0 Å². The molecule has 0 aliphatic carbocycles. The molecule has 7 heteroatoms. The fraction of sp³-hybridized carbons (Fsp3) is 0.333. The lowest BCUT2D eigenvalue weighted by Crippen LogP contribution is -2.38. The number of halogens is 1. The lowest BCUT2D eigenvalue weighted by Gasteiger charge is -2.13. The molecule has 1 saturated heterocycles. The molecule has 1 fully saturated rings. The number of nitrogens with one attached hydrogen (secondary N) is 3. The molecule has 0 aromatic heterocycles. The van der Waals surface area contributed by atoms with Gasteiger partial charge in [0, 0.05) is 19.0 Å². The van der Waals surface area contributed by atoms with Crippen molar-refractivity contribution in [3.8, 4) is 0 Å². The number of anilines is 1. The van der Waals surface area contributed by atoms with E-state index < -0.39 is 11.7 Å². The van der Waals surface area contributed by atoms with Gasteiger partial charge in [0.05, 0.1) is 11.3 Å². The van der Waals surface area contributed by atoms with Crippen molar-refractivity contribution in [1.29, 1.82) is 0 Å². The molecule has 102 valence electrons. The highest BCUT2D eigenvalue weighted by Gasteiger charge is 2.22. The minimum absolute atomic E-state index is 0.0191. The van der Waals surface area contributed by atoms with Crippen LogP contribution < -0.4 is 21.9 Å². The molecule has 1 aromatic rings. The maximum atomic E-state index is 13.4. The molecular weight excluding hydrogens is 251 g/mol. The van der Waals surface area contributed by atoms with E-state index in [1.54, 1.807) is 0 Å². The first kappa shape index (κ1) is 13.3. The molecule has 1 aromatic carbocycles. The minimum atomic E-state index is -0.593. The van der Waals surface area contributed by atoms with Gasteiger partial charge in [-0.15, -0.1) is 0 Å². The van der Waals surface area contributed by atoms with E-state index in [-0.39, 0.29) is 23.2 Å². The summed E-state index contributed by atoms with van der Waals surface area (Å²) in [7, 11) is 0. The molecule has 1 aliphatic heterocycles. The van der Waals surface area contributed by atoms with Crippen molar-refractivity contribution in [3.63, 3.8) is 0 Å². The Hall–Kier alpha value is -2.15. The average molecular weight is 266 g/mol. The van der Waals surface area contributed by atoms with Crippen LogP contribution in [-0.2, 0) is 4.79 Å². The summed E-state index contributed by atoms with van der Waals surface area (Å²) in [6.45, 7) is 0.311. The normalized spacial score (nSPS) is 18.0. The quantitative estimate of drug-likeness (QED) is 0.460. The molecule has 1 aliphatic rings. The zero-order valence-corrected chi connectivity index (χ0v) is 10.2. The van der Waals surface area contributed by atoms with Crippen LogP contribution in [0, 0.1) is 5.82 Å². The Labute approximate surface area is 109 Å². The minimum Gasteiger partial charge on any atom is -0.352 e. The molecule has 0 radical (unpaired) electrons. The third-order valence-electron chi connectivity index (χ3n) is 3.00. The fourth-order valence-corrected chi connectivity index (χ4v) is 2.00. The smallest absolute Gasteiger partial charge is 0.253 e. The summed E-state index contributed by atoms with van der Waals surface area (Å²) in [5.41, 5.74) is 2.26. The summed E-state index contributed by atoms with van der Waals surface area (Å²) in [6.07, 6.45) is 1.15. The number of carbonyl (C=O) groups excluding carboxylic acids is 2. The fourth-order valence-electron chi connectivity index (χ4n) is 2.00. The Morgan fingerprint density at radius 2 is 2.32 bits per heavy atom. The van der Waals surface area contributed by atoms with Crippen LogP contribution in [0.5, 0.6) is 0 Å². The van der Waals surface area contributed by atoms with Gasteiger partial charge in [-0.05, 0) is 18.6 Å². The molecule has 0 saturated carbocycles. The first-order chi connectivity index (χ1) is 9.11. The molecule has 0 bridgehead atoms. The second kappa shape index (κ2) is 5.66. The zero-order valence-electron chi connectivity index (χ0n) is 10.2. The Morgan fingerprint density at radius 3 is 2.95 bits per heavy atom. The number of carbonyl (C=O) groups is 2. The summed E-state index contributed by atoms with van der Waals surface area (Å²) in [4.78, 5) is 22.9. The molecule has 6 nitrogen and oxygen atoms in total. The standard InChI is InChI=1S/C12H15FN4O2/c13-9-3-1-2-8(11(9)17-14)12(19)15-6-7-4-5-10(18)16-7/h1-3,7,17H,4-6,14H2,(H,15,19)(H,16,18). The number of nitrogens with two attached hydrogens (primary N) is 1. The van der Waals surface area contributed by atoms with Crippen molar-refractivity contribution in [1.82, 2.24) is 10.6 Å². The van der Waals surface area contributed by atoms with Crippen LogP contribution in [0.4, 0.5) is 10.1 Å². The van der Waals surface area contributed by atoms with E-state index in [2.05, 4.69) is 16.1 Å². The van der Waals surface area contributed by atoms with E-state index in [0.717, 1.165) is 0 Å². The molecule has 1 unspecified atom stereocenters. The largest absolute Gasteiger partial charge is 0.352 e. The molecule has 1 heterocycles. The topological polar surface area (TPSA) is 96.2 Å². The number of amides is 2. The van der Waals surface area contributed by atoms with E-state index >= 15 is 0 Å². The van der Waals surface area contributed by atoms with Crippen LogP contribution in [0.2, 0.25) is 0 Å². The Kier molecular flexibility index (Phi) is 3.96. The monoisotopic (exact) mass is 266 g/mol. The summed E-state index contributed by atoms with van der Waals surface area (Å²) < 4.78 is 13.4. The number of hydrogen-bond acceptors (Lipinski definition) is 4. The lowest BCUT2D eigenvalue weighted by molar-refractivity contribution is -0.119. The molecule has 1 atom stereocenters. The Balaban J connectivity index is 2.00. The molecule has 2 amide bonds. The maximum absolute atomic E-state index is 13.4. The molecule has 19 heavy (non-hydrogen) atoms. The second-order valence-corrected chi connectivity index (χ2v) is 4.32. The van der Waals surface area contributed by atoms with Crippen molar-refractivity contribution >= 4 is 17.5 Å². The van der Waals surface area contributed by atoms with E-state index in [4.69, 9.17) is 5.84 Å². The van der Waals surface area contributed by atoms with Gasteiger partial charge in [-0.1, -0.05) is 6.07 Å². The van der Waals surface area contributed by atoms with Crippen LogP contribution in [0.25, 0.3) is 0 Å². The lowest BCUT2D eigenvalue weighted by atomic mass is 10.1. The van der Waals surface area contributed by atoms with Crippen molar-refractivity contribution in [2.24, 2.45) is 5.84 Å². The molecule has 2 rings (SSSR count). The van der Waals surface area contributed by atoms with Crippen LogP contribution in [0.1, 0.15) is 23.2 Å². The Morgan fingerprint density at radius 1 is 1.53 bits per heavy atom. The van der Waals surface area contributed by atoms with Gasteiger partial charge in [-0.25, -0.2) is 4.39 Å². The molecule has 5 N–H and O–H groups in total. The summed E-state index contributed by atoms with van der Waals surface area (Å²) >= 11 is 0. The summed E-state index contributed by atoms with van der Waals surface area (Å²) in [5.74, 6) is 4.15. The predicted octanol–water partition coefficient (Wildman–Crippen LogP) is 0.120. The first-order valence-electron chi connectivity index (χ1n) is 5.94. The highest BCUT2D eigenvalue weighted by Crippen LogP contribution is 2.18. The van der Waals surface area contributed by atoms with Gasteiger partial charge < -0.3 is 16.1 Å². The van der Waals surface area contributed by atoms with Crippen molar-refractivity contribution in [2.75, 3.05) is 12.0 Å². The van der Waals surface area contributed by atoms with Crippen LogP contribution in [0.15, 0.2) is 18.2 Å². The predicted molar refractivity (Wildman–Crippen MR) is 67.7 cm³/mol. The van der Waals surface area contributed by atoms with Crippen molar-refractivity contribution in [3.05, 3.63) is 29.6 Å². The van der Waals surface area contributed by atoms with E-state index in [1.165, 1.54) is 18.2 Å². The van der Waals surface area contributed by atoms with Gasteiger partial charge in [-0.3, -0.25) is 15.4 Å². The number of hydrogen-bond donors (Lipinski definition) is 4. The number of rotatable bonds is 4. The number of nitrogen functional groups attached to an aromatic ring is 1. The summed E-state index contributed by atoms with van der Waals surface area (Å²) in [5, 5.41) is 5.38. The number of para-hydroxylation sites is 1. The molecular formula is C12H15FN4O2. The highest BCUT2D eigenvalue weighted by molar-refractivity contribution is 5.99. The third-order valence-corrected chi connectivity index (χ3v) is 3.00.